The Labute approximate surface area is 132 Å². The fourth-order valence-corrected chi connectivity index (χ4v) is 2.61. The lowest BCUT2D eigenvalue weighted by Gasteiger charge is -2.24. The van der Waals surface area contributed by atoms with Gasteiger partial charge in [-0.05, 0) is 33.6 Å². The molecule has 2 rings (SSSR count). The average molecular weight is 308 g/mol. The first-order valence-corrected chi connectivity index (χ1v) is 8.10. The fraction of sp³-hybridized carbons (Fsp3) is 0.750. The second-order valence-corrected chi connectivity index (χ2v) is 6.83. The number of hydrogen-bond acceptors (Lipinski definition) is 4. The third-order valence-corrected chi connectivity index (χ3v) is 3.66. The Morgan fingerprint density at radius 2 is 2.27 bits per heavy atom. The van der Waals surface area contributed by atoms with Crippen molar-refractivity contribution in [3.8, 4) is 0 Å². The Hall–Kier alpha value is -1.56. The highest BCUT2D eigenvalue weighted by molar-refractivity contribution is 5.68. The molecule has 0 saturated carbocycles. The summed E-state index contributed by atoms with van der Waals surface area (Å²) in [4.78, 5) is 18.2. The molecule has 1 saturated heterocycles. The molecular weight excluding hydrogens is 280 g/mol. The summed E-state index contributed by atoms with van der Waals surface area (Å²) in [5, 5.41) is 3.50. The Kier molecular flexibility index (Phi) is 5.45. The Bertz CT molecular complexity index is 493. The summed E-state index contributed by atoms with van der Waals surface area (Å²) in [6.07, 6.45) is 5.69. The van der Waals surface area contributed by atoms with Crippen molar-refractivity contribution in [3.05, 3.63) is 18.2 Å². The number of likely N-dealkylation sites (tertiary alicyclic amines) is 1. The number of amides is 1. The smallest absolute Gasteiger partial charge is 0.410 e. The van der Waals surface area contributed by atoms with Crippen molar-refractivity contribution in [1.29, 1.82) is 0 Å². The van der Waals surface area contributed by atoms with Crippen molar-refractivity contribution in [2.24, 2.45) is 0 Å². The van der Waals surface area contributed by atoms with E-state index in [2.05, 4.69) is 21.8 Å². The van der Waals surface area contributed by atoms with Crippen molar-refractivity contribution in [2.45, 2.75) is 65.3 Å². The number of nitrogens with one attached hydrogen (secondary N) is 1. The van der Waals surface area contributed by atoms with Gasteiger partial charge in [0.2, 0.25) is 0 Å². The standard InChI is InChI=1S/C16H28N4O2/c1-5-8-19-10-7-17-14(19)11-18-13-6-9-20(12-13)15(21)22-16(2,3)4/h7,10,13,18H,5-6,8-9,11-12H2,1-4H3. The number of carbonyl (C=O) groups excluding carboxylic acids is 1. The van der Waals surface area contributed by atoms with E-state index in [-0.39, 0.29) is 6.09 Å². The van der Waals surface area contributed by atoms with Crippen molar-refractivity contribution in [3.63, 3.8) is 0 Å². The highest BCUT2D eigenvalue weighted by Gasteiger charge is 2.29. The fourth-order valence-electron chi connectivity index (χ4n) is 2.61. The molecule has 0 radical (unpaired) electrons. The molecule has 1 atom stereocenters. The van der Waals surface area contributed by atoms with Crippen LogP contribution < -0.4 is 5.32 Å². The van der Waals surface area contributed by atoms with Gasteiger partial charge >= 0.3 is 6.09 Å². The number of nitrogens with zero attached hydrogens (tertiary/aromatic N) is 3. The minimum Gasteiger partial charge on any atom is -0.444 e. The predicted molar refractivity (Wildman–Crippen MR) is 85.6 cm³/mol. The SMILES string of the molecule is CCCn1ccnc1CNC1CCN(C(=O)OC(C)(C)C)C1. The van der Waals surface area contributed by atoms with E-state index >= 15 is 0 Å². The van der Waals surface area contributed by atoms with E-state index in [4.69, 9.17) is 4.74 Å². The van der Waals surface area contributed by atoms with E-state index in [1.54, 1.807) is 4.90 Å². The maximum absolute atomic E-state index is 12.0. The number of carbonyl (C=O) groups is 1. The highest BCUT2D eigenvalue weighted by atomic mass is 16.6. The van der Waals surface area contributed by atoms with E-state index in [0.717, 1.165) is 38.3 Å². The number of rotatable bonds is 5. The first kappa shape index (κ1) is 16.8. The average Bonchev–Trinajstić information content (AvgIpc) is 3.03. The van der Waals surface area contributed by atoms with Crippen molar-refractivity contribution >= 4 is 6.09 Å². The quantitative estimate of drug-likeness (QED) is 0.907. The zero-order valence-electron chi connectivity index (χ0n) is 14.1. The zero-order chi connectivity index (χ0) is 16.2. The van der Waals surface area contributed by atoms with Gasteiger partial charge in [-0.2, -0.15) is 0 Å². The molecular formula is C16H28N4O2. The molecule has 1 aliphatic rings. The number of aromatic nitrogens is 2. The number of hydrogen-bond donors (Lipinski definition) is 1. The molecule has 22 heavy (non-hydrogen) atoms. The van der Waals surface area contributed by atoms with Gasteiger partial charge < -0.3 is 19.5 Å². The third-order valence-electron chi connectivity index (χ3n) is 3.66. The first-order valence-electron chi connectivity index (χ1n) is 8.10. The van der Waals surface area contributed by atoms with E-state index in [0.29, 0.717) is 12.6 Å². The van der Waals surface area contributed by atoms with Gasteiger partial charge in [-0.3, -0.25) is 0 Å². The Morgan fingerprint density at radius 1 is 1.50 bits per heavy atom. The molecule has 0 aliphatic carbocycles. The van der Waals surface area contributed by atoms with E-state index < -0.39 is 5.60 Å². The molecule has 1 unspecified atom stereocenters. The maximum atomic E-state index is 12.0. The van der Waals surface area contributed by atoms with Gasteiger partial charge in [-0.1, -0.05) is 6.92 Å². The second kappa shape index (κ2) is 7.13. The van der Waals surface area contributed by atoms with E-state index in [1.807, 2.05) is 33.2 Å². The minimum absolute atomic E-state index is 0.218. The normalized spacial score (nSPS) is 18.7. The van der Waals surface area contributed by atoms with Crippen LogP contribution in [0.2, 0.25) is 0 Å². The Morgan fingerprint density at radius 3 is 2.95 bits per heavy atom. The van der Waals surface area contributed by atoms with Crippen molar-refractivity contribution < 1.29 is 9.53 Å². The van der Waals surface area contributed by atoms with Crippen LogP contribution in [0.25, 0.3) is 0 Å². The maximum Gasteiger partial charge on any atom is 0.410 e. The third kappa shape index (κ3) is 4.73. The summed E-state index contributed by atoms with van der Waals surface area (Å²) in [7, 11) is 0. The van der Waals surface area contributed by atoms with Crippen LogP contribution in [0.3, 0.4) is 0 Å². The topological polar surface area (TPSA) is 59.4 Å². The van der Waals surface area contributed by atoms with Crippen LogP contribution in [0.4, 0.5) is 4.79 Å². The molecule has 1 amide bonds. The summed E-state index contributed by atoms with van der Waals surface area (Å²) < 4.78 is 7.59. The van der Waals surface area contributed by atoms with Gasteiger partial charge in [0.1, 0.15) is 11.4 Å². The van der Waals surface area contributed by atoms with Crippen molar-refractivity contribution in [2.75, 3.05) is 13.1 Å². The molecule has 1 aromatic rings. The molecule has 6 heteroatoms. The predicted octanol–water partition coefficient (Wildman–Crippen LogP) is 2.39. The molecule has 1 aromatic heterocycles. The van der Waals surface area contributed by atoms with Crippen LogP contribution >= 0.6 is 0 Å². The van der Waals surface area contributed by atoms with Crippen molar-refractivity contribution in [1.82, 2.24) is 19.8 Å². The number of aryl methyl sites for hydroxylation is 1. The van der Waals surface area contributed by atoms with E-state index in [9.17, 15) is 4.79 Å². The highest BCUT2D eigenvalue weighted by Crippen LogP contribution is 2.15. The minimum atomic E-state index is -0.437. The summed E-state index contributed by atoms with van der Waals surface area (Å²) >= 11 is 0. The van der Waals surface area contributed by atoms with Crippen LogP contribution in [0.5, 0.6) is 0 Å². The van der Waals surface area contributed by atoms with Gasteiger partial charge in [0.15, 0.2) is 0 Å². The van der Waals surface area contributed by atoms with Gasteiger partial charge in [0, 0.05) is 38.1 Å². The van der Waals surface area contributed by atoms with Gasteiger partial charge in [-0.25, -0.2) is 9.78 Å². The molecule has 124 valence electrons. The molecule has 2 heterocycles. The summed E-state index contributed by atoms with van der Waals surface area (Å²) in [5.74, 6) is 1.05. The molecule has 1 fully saturated rings. The van der Waals surface area contributed by atoms with Crippen LogP contribution in [0.15, 0.2) is 12.4 Å². The van der Waals surface area contributed by atoms with Crippen LogP contribution in [-0.4, -0.2) is 45.3 Å². The van der Waals surface area contributed by atoms with Gasteiger partial charge in [-0.15, -0.1) is 0 Å². The Balaban J connectivity index is 1.79. The summed E-state index contributed by atoms with van der Waals surface area (Å²) in [6, 6.07) is 0.305. The lowest BCUT2D eigenvalue weighted by Crippen LogP contribution is -2.38. The number of ether oxygens (including phenoxy) is 1. The van der Waals surface area contributed by atoms with E-state index in [1.165, 1.54) is 0 Å². The molecule has 0 bridgehead atoms. The van der Waals surface area contributed by atoms with Crippen LogP contribution in [0, 0.1) is 0 Å². The lowest BCUT2D eigenvalue weighted by atomic mass is 10.2. The molecule has 0 aromatic carbocycles. The summed E-state index contributed by atoms with van der Waals surface area (Å²) in [6.45, 7) is 11.0. The molecule has 0 spiro atoms. The van der Waals surface area contributed by atoms with Crippen LogP contribution in [0.1, 0.15) is 46.4 Å². The first-order chi connectivity index (χ1) is 10.4. The zero-order valence-corrected chi connectivity index (χ0v) is 14.1. The monoisotopic (exact) mass is 308 g/mol. The molecule has 1 aliphatic heterocycles. The second-order valence-electron chi connectivity index (χ2n) is 6.83. The van der Waals surface area contributed by atoms with Gasteiger partial charge in [0.05, 0.1) is 6.54 Å². The lowest BCUT2D eigenvalue weighted by molar-refractivity contribution is 0.0291. The summed E-state index contributed by atoms with van der Waals surface area (Å²) in [5.41, 5.74) is -0.437. The molecule has 6 nitrogen and oxygen atoms in total. The van der Waals surface area contributed by atoms with Gasteiger partial charge in [0.25, 0.3) is 0 Å². The number of imidazole rings is 1. The molecule has 1 N–H and O–H groups in total. The van der Waals surface area contributed by atoms with Crippen LogP contribution in [-0.2, 0) is 17.8 Å². The largest absolute Gasteiger partial charge is 0.444 e.